The highest BCUT2D eigenvalue weighted by atomic mass is 35.5. The maximum Gasteiger partial charge on any atom is 0.322 e. The van der Waals surface area contributed by atoms with E-state index in [0.717, 1.165) is 18.5 Å². The summed E-state index contributed by atoms with van der Waals surface area (Å²) in [5.41, 5.74) is 1.90. The fourth-order valence-corrected chi connectivity index (χ4v) is 2.79. The average molecular weight is 348 g/mol. The minimum absolute atomic E-state index is 0.217. The number of amides is 3. The SMILES string of the molecule is CCCc1cc(NC(=O)c2ccc(Cl)c(N3CCNC3=O)c2)n[nH]1. The smallest absolute Gasteiger partial charge is 0.322 e. The number of hydrogen-bond acceptors (Lipinski definition) is 3. The Morgan fingerprint density at radius 3 is 2.96 bits per heavy atom. The Morgan fingerprint density at radius 2 is 2.25 bits per heavy atom. The topological polar surface area (TPSA) is 90.1 Å². The van der Waals surface area contributed by atoms with Crippen molar-refractivity contribution in [3.8, 4) is 0 Å². The number of urea groups is 1. The van der Waals surface area contributed by atoms with E-state index in [2.05, 4.69) is 27.8 Å². The number of benzene rings is 1. The summed E-state index contributed by atoms with van der Waals surface area (Å²) in [6.45, 7) is 3.14. The van der Waals surface area contributed by atoms with Crippen molar-refractivity contribution in [1.29, 1.82) is 0 Å². The molecule has 0 unspecified atom stereocenters. The van der Waals surface area contributed by atoms with Gasteiger partial charge in [0.05, 0.1) is 10.7 Å². The van der Waals surface area contributed by atoms with Crippen LogP contribution in [0.2, 0.25) is 5.02 Å². The Labute approximate surface area is 144 Å². The molecule has 24 heavy (non-hydrogen) atoms. The van der Waals surface area contributed by atoms with Gasteiger partial charge in [0.25, 0.3) is 5.91 Å². The molecule has 7 nitrogen and oxygen atoms in total. The first-order valence-electron chi connectivity index (χ1n) is 7.79. The zero-order valence-electron chi connectivity index (χ0n) is 13.2. The number of rotatable bonds is 5. The number of anilines is 2. The summed E-state index contributed by atoms with van der Waals surface area (Å²) in [7, 11) is 0. The summed E-state index contributed by atoms with van der Waals surface area (Å²) in [6.07, 6.45) is 1.87. The Kier molecular flexibility index (Phi) is 4.71. The molecule has 0 bridgehead atoms. The number of aryl methyl sites for hydroxylation is 1. The number of H-pyrrole nitrogens is 1. The van der Waals surface area contributed by atoms with Crippen molar-refractivity contribution in [3.63, 3.8) is 0 Å². The highest BCUT2D eigenvalue weighted by molar-refractivity contribution is 6.34. The summed E-state index contributed by atoms with van der Waals surface area (Å²) in [6, 6.07) is 6.44. The van der Waals surface area contributed by atoms with Gasteiger partial charge >= 0.3 is 6.03 Å². The van der Waals surface area contributed by atoms with Gasteiger partial charge in [-0.3, -0.25) is 14.8 Å². The third-order valence-electron chi connectivity index (χ3n) is 3.75. The first kappa shape index (κ1) is 16.3. The van der Waals surface area contributed by atoms with Crippen molar-refractivity contribution in [2.45, 2.75) is 19.8 Å². The summed E-state index contributed by atoms with van der Waals surface area (Å²) >= 11 is 6.17. The largest absolute Gasteiger partial charge is 0.336 e. The van der Waals surface area contributed by atoms with Crippen molar-refractivity contribution in [1.82, 2.24) is 15.5 Å². The van der Waals surface area contributed by atoms with Crippen LogP contribution >= 0.6 is 11.6 Å². The molecule has 1 fully saturated rings. The zero-order chi connectivity index (χ0) is 17.1. The van der Waals surface area contributed by atoms with E-state index < -0.39 is 0 Å². The molecular weight excluding hydrogens is 330 g/mol. The van der Waals surface area contributed by atoms with Crippen molar-refractivity contribution in [2.24, 2.45) is 0 Å². The van der Waals surface area contributed by atoms with Crippen molar-refractivity contribution < 1.29 is 9.59 Å². The van der Waals surface area contributed by atoms with Gasteiger partial charge in [-0.2, -0.15) is 5.10 Å². The van der Waals surface area contributed by atoms with Gasteiger partial charge in [0.1, 0.15) is 0 Å². The number of nitrogens with one attached hydrogen (secondary N) is 3. The predicted molar refractivity (Wildman–Crippen MR) is 92.7 cm³/mol. The minimum atomic E-state index is -0.304. The van der Waals surface area contributed by atoms with Gasteiger partial charge in [-0.1, -0.05) is 24.9 Å². The van der Waals surface area contributed by atoms with Crippen molar-refractivity contribution in [3.05, 3.63) is 40.5 Å². The molecule has 1 aliphatic rings. The molecule has 0 spiro atoms. The second kappa shape index (κ2) is 6.92. The van der Waals surface area contributed by atoms with E-state index in [1.54, 1.807) is 18.2 Å². The lowest BCUT2D eigenvalue weighted by atomic mass is 10.1. The maximum absolute atomic E-state index is 12.4. The standard InChI is InChI=1S/C16H18ClN5O2/c1-2-3-11-9-14(21-20-11)19-15(23)10-4-5-12(17)13(8-10)22-7-6-18-16(22)24/h4-5,8-9H,2-3,6-7H2,1H3,(H,18,24)(H2,19,20,21,23). The van der Waals surface area contributed by atoms with Gasteiger partial charge in [0, 0.05) is 30.4 Å². The molecule has 3 N–H and O–H groups in total. The highest BCUT2D eigenvalue weighted by Gasteiger charge is 2.24. The van der Waals surface area contributed by atoms with Crippen LogP contribution in [0.4, 0.5) is 16.3 Å². The van der Waals surface area contributed by atoms with Gasteiger partial charge in [0.2, 0.25) is 0 Å². The van der Waals surface area contributed by atoms with Gasteiger partial charge in [0.15, 0.2) is 5.82 Å². The van der Waals surface area contributed by atoms with Gasteiger partial charge in [-0.05, 0) is 24.6 Å². The third kappa shape index (κ3) is 3.35. The Hall–Kier alpha value is -2.54. The molecule has 1 aliphatic heterocycles. The average Bonchev–Trinajstić information content (AvgIpc) is 3.17. The summed E-state index contributed by atoms with van der Waals surface area (Å²) in [5, 5.41) is 12.8. The molecular formula is C16H18ClN5O2. The van der Waals surface area contributed by atoms with Gasteiger partial charge in [-0.15, -0.1) is 0 Å². The highest BCUT2D eigenvalue weighted by Crippen LogP contribution is 2.28. The van der Waals surface area contributed by atoms with Crippen LogP contribution < -0.4 is 15.5 Å². The molecule has 1 saturated heterocycles. The van der Waals surface area contributed by atoms with Gasteiger partial charge < -0.3 is 10.6 Å². The predicted octanol–water partition coefficient (Wildman–Crippen LogP) is 2.80. The molecule has 126 valence electrons. The second-order valence-corrected chi connectivity index (χ2v) is 5.94. The van der Waals surface area contributed by atoms with Crippen LogP contribution in [0.1, 0.15) is 29.4 Å². The summed E-state index contributed by atoms with van der Waals surface area (Å²) in [5.74, 6) is 0.168. The number of aromatic nitrogens is 2. The van der Waals surface area contributed by atoms with E-state index in [4.69, 9.17) is 11.6 Å². The second-order valence-electron chi connectivity index (χ2n) is 5.53. The van der Waals surface area contributed by atoms with E-state index >= 15 is 0 Å². The number of hydrogen-bond donors (Lipinski definition) is 3. The summed E-state index contributed by atoms with van der Waals surface area (Å²) in [4.78, 5) is 25.7. The zero-order valence-corrected chi connectivity index (χ0v) is 14.0. The van der Waals surface area contributed by atoms with E-state index in [0.29, 0.717) is 35.2 Å². The molecule has 1 aromatic heterocycles. The Bertz CT molecular complexity index is 774. The maximum atomic E-state index is 12.4. The molecule has 1 aromatic carbocycles. The van der Waals surface area contributed by atoms with E-state index in [1.165, 1.54) is 4.90 Å². The van der Waals surface area contributed by atoms with Crippen LogP contribution in [-0.2, 0) is 6.42 Å². The first-order chi connectivity index (χ1) is 11.6. The fourth-order valence-electron chi connectivity index (χ4n) is 2.57. The van der Waals surface area contributed by atoms with Crippen LogP contribution in [0.25, 0.3) is 0 Å². The van der Waals surface area contributed by atoms with Crippen molar-refractivity contribution in [2.75, 3.05) is 23.3 Å². The third-order valence-corrected chi connectivity index (χ3v) is 4.07. The van der Waals surface area contributed by atoms with E-state index in [-0.39, 0.29) is 11.9 Å². The number of aromatic amines is 1. The van der Waals surface area contributed by atoms with E-state index in [9.17, 15) is 9.59 Å². The summed E-state index contributed by atoms with van der Waals surface area (Å²) < 4.78 is 0. The number of halogens is 1. The molecule has 0 aliphatic carbocycles. The molecule has 3 amide bonds. The van der Waals surface area contributed by atoms with Crippen LogP contribution in [0.3, 0.4) is 0 Å². The molecule has 2 aromatic rings. The van der Waals surface area contributed by atoms with Crippen LogP contribution in [-0.4, -0.2) is 35.2 Å². The molecule has 2 heterocycles. The minimum Gasteiger partial charge on any atom is -0.336 e. The normalized spacial score (nSPS) is 13.9. The lowest BCUT2D eigenvalue weighted by Gasteiger charge is -2.16. The van der Waals surface area contributed by atoms with Crippen molar-refractivity contribution >= 4 is 35.0 Å². The molecule has 0 atom stereocenters. The molecule has 8 heteroatoms. The van der Waals surface area contributed by atoms with E-state index in [1.807, 2.05) is 6.07 Å². The van der Waals surface area contributed by atoms with Crippen LogP contribution in [0, 0.1) is 0 Å². The molecule has 3 rings (SSSR count). The quantitative estimate of drug-likeness (QED) is 0.776. The number of nitrogens with zero attached hydrogens (tertiary/aromatic N) is 2. The lowest BCUT2D eigenvalue weighted by molar-refractivity contribution is 0.102. The molecule has 0 saturated carbocycles. The monoisotopic (exact) mass is 347 g/mol. The lowest BCUT2D eigenvalue weighted by Crippen LogP contribution is -2.28. The molecule has 0 radical (unpaired) electrons. The number of carbonyl (C=O) groups is 2. The van der Waals surface area contributed by atoms with Crippen LogP contribution in [0.5, 0.6) is 0 Å². The van der Waals surface area contributed by atoms with Gasteiger partial charge in [-0.25, -0.2) is 4.79 Å². The fraction of sp³-hybridized carbons (Fsp3) is 0.312. The Morgan fingerprint density at radius 1 is 1.42 bits per heavy atom. The Balaban J connectivity index is 1.78. The first-order valence-corrected chi connectivity index (χ1v) is 8.17. The van der Waals surface area contributed by atoms with Crippen LogP contribution in [0.15, 0.2) is 24.3 Å². The number of carbonyl (C=O) groups excluding carboxylic acids is 2.